The highest BCUT2D eigenvalue weighted by Crippen LogP contribution is 2.20. The molecular weight excluding hydrogens is 350 g/mol. The number of aryl methyl sites for hydroxylation is 1. The smallest absolute Gasteiger partial charge is 0.258 e. The Morgan fingerprint density at radius 1 is 0.704 bits per heavy atom. The fourth-order valence-electron chi connectivity index (χ4n) is 2.54. The number of carbonyl (C=O) groups excluding carboxylic acids is 2. The summed E-state index contributed by atoms with van der Waals surface area (Å²) in [6, 6.07) is 16.5. The molecule has 136 valence electrons. The minimum absolute atomic E-state index is 0.0725. The molecule has 4 nitrogen and oxygen atoms in total. The average molecular weight is 366 g/mol. The molecule has 0 aromatic heterocycles. The zero-order chi connectivity index (χ0) is 19.4. The van der Waals surface area contributed by atoms with Crippen LogP contribution in [0.4, 0.5) is 20.2 Å². The van der Waals surface area contributed by atoms with E-state index in [-0.39, 0.29) is 16.8 Å². The zero-order valence-electron chi connectivity index (χ0n) is 14.4. The topological polar surface area (TPSA) is 58.2 Å². The molecule has 0 aliphatic rings. The first-order chi connectivity index (χ1) is 13.0. The lowest BCUT2D eigenvalue weighted by Crippen LogP contribution is -2.19. The predicted molar refractivity (Wildman–Crippen MR) is 99.9 cm³/mol. The fraction of sp³-hybridized carbons (Fsp3) is 0.0476. The Hall–Kier alpha value is -3.54. The maximum Gasteiger partial charge on any atom is 0.258 e. The van der Waals surface area contributed by atoms with Gasteiger partial charge in [0, 0.05) is 5.69 Å². The molecule has 2 N–H and O–H groups in total. The van der Waals surface area contributed by atoms with Crippen molar-refractivity contribution in [2.75, 3.05) is 10.6 Å². The summed E-state index contributed by atoms with van der Waals surface area (Å²) in [5.74, 6) is -3.14. The second kappa shape index (κ2) is 7.78. The largest absolute Gasteiger partial charge is 0.322 e. The van der Waals surface area contributed by atoms with Gasteiger partial charge < -0.3 is 10.6 Å². The third kappa shape index (κ3) is 4.00. The van der Waals surface area contributed by atoms with E-state index < -0.39 is 23.4 Å². The number of carbonyl (C=O) groups is 2. The van der Waals surface area contributed by atoms with Crippen molar-refractivity contribution in [1.82, 2.24) is 0 Å². The molecule has 3 aromatic carbocycles. The molecule has 6 heteroatoms. The van der Waals surface area contributed by atoms with Crippen LogP contribution in [0.5, 0.6) is 0 Å². The number of halogens is 2. The molecule has 0 bridgehead atoms. The van der Waals surface area contributed by atoms with E-state index in [1.165, 1.54) is 36.4 Å². The van der Waals surface area contributed by atoms with Crippen LogP contribution in [0, 0.1) is 18.6 Å². The number of hydrogen-bond donors (Lipinski definition) is 2. The quantitative estimate of drug-likeness (QED) is 0.698. The van der Waals surface area contributed by atoms with E-state index in [1.54, 1.807) is 18.2 Å². The van der Waals surface area contributed by atoms with Gasteiger partial charge in [0.15, 0.2) is 0 Å². The number of benzene rings is 3. The van der Waals surface area contributed by atoms with Crippen LogP contribution < -0.4 is 10.6 Å². The Kier molecular flexibility index (Phi) is 5.26. The summed E-state index contributed by atoms with van der Waals surface area (Å²) in [7, 11) is 0. The first-order valence-corrected chi connectivity index (χ1v) is 8.18. The van der Waals surface area contributed by atoms with Gasteiger partial charge in [-0.25, -0.2) is 8.78 Å². The van der Waals surface area contributed by atoms with Gasteiger partial charge in [-0.2, -0.15) is 0 Å². The second-order valence-electron chi connectivity index (χ2n) is 5.87. The molecule has 3 rings (SSSR count). The maximum absolute atomic E-state index is 14.8. The highest BCUT2D eigenvalue weighted by atomic mass is 19.1. The number of para-hydroxylation sites is 2. The summed E-state index contributed by atoms with van der Waals surface area (Å²) in [6.45, 7) is 1.81. The van der Waals surface area contributed by atoms with Crippen LogP contribution in [0.25, 0.3) is 0 Å². The van der Waals surface area contributed by atoms with E-state index in [2.05, 4.69) is 10.6 Å². The summed E-state index contributed by atoms with van der Waals surface area (Å²) in [4.78, 5) is 24.8. The van der Waals surface area contributed by atoms with Crippen LogP contribution >= 0.6 is 0 Å². The van der Waals surface area contributed by atoms with Crippen molar-refractivity contribution >= 4 is 23.2 Å². The van der Waals surface area contributed by atoms with E-state index >= 15 is 0 Å². The molecule has 0 unspecified atom stereocenters. The Labute approximate surface area is 154 Å². The molecule has 2 amide bonds. The Bertz CT molecular complexity index is 941. The van der Waals surface area contributed by atoms with Crippen LogP contribution in [0.15, 0.2) is 66.7 Å². The molecule has 3 aromatic rings. The normalized spacial score (nSPS) is 10.3. The number of hydrogen-bond acceptors (Lipinski definition) is 2. The van der Waals surface area contributed by atoms with Crippen molar-refractivity contribution < 1.29 is 18.4 Å². The van der Waals surface area contributed by atoms with Crippen LogP contribution in [-0.2, 0) is 0 Å². The lowest BCUT2D eigenvalue weighted by molar-refractivity contribution is 0.102. The lowest BCUT2D eigenvalue weighted by Gasteiger charge is -2.11. The Balaban J connectivity index is 1.85. The lowest BCUT2D eigenvalue weighted by atomic mass is 10.1. The molecule has 0 fully saturated rings. The van der Waals surface area contributed by atoms with Crippen molar-refractivity contribution in [1.29, 1.82) is 0 Å². The third-order valence-electron chi connectivity index (χ3n) is 4.00. The average Bonchev–Trinajstić information content (AvgIpc) is 2.65. The van der Waals surface area contributed by atoms with Gasteiger partial charge in [0.2, 0.25) is 0 Å². The van der Waals surface area contributed by atoms with Gasteiger partial charge in [0.25, 0.3) is 11.8 Å². The van der Waals surface area contributed by atoms with Crippen LogP contribution in [0.1, 0.15) is 26.3 Å². The molecule has 27 heavy (non-hydrogen) atoms. The predicted octanol–water partition coefficient (Wildman–Crippen LogP) is 4.78. The highest BCUT2D eigenvalue weighted by Gasteiger charge is 2.20. The first-order valence-electron chi connectivity index (χ1n) is 8.18. The standard InChI is InChI=1S/C21H16F2N2O2/c1-13-7-2-4-11-17(13)24-20(26)14-8-6-9-15(19(14)23)21(27)25-18-12-5-3-10-16(18)22/h2-12H,1H3,(H,24,26)(H,25,27). The van der Waals surface area contributed by atoms with Crippen molar-refractivity contribution in [3.05, 3.63) is 95.1 Å². The molecule has 0 heterocycles. The molecule has 0 radical (unpaired) electrons. The second-order valence-corrected chi connectivity index (χ2v) is 5.87. The van der Waals surface area contributed by atoms with Gasteiger partial charge >= 0.3 is 0 Å². The van der Waals surface area contributed by atoms with Crippen LogP contribution in [0.3, 0.4) is 0 Å². The number of amides is 2. The van der Waals surface area contributed by atoms with Crippen molar-refractivity contribution in [2.45, 2.75) is 6.92 Å². The van der Waals surface area contributed by atoms with E-state index in [0.717, 1.165) is 5.56 Å². The Morgan fingerprint density at radius 2 is 1.22 bits per heavy atom. The van der Waals surface area contributed by atoms with Gasteiger partial charge in [-0.05, 0) is 42.8 Å². The summed E-state index contributed by atoms with van der Waals surface area (Å²) >= 11 is 0. The van der Waals surface area contributed by atoms with Crippen molar-refractivity contribution in [2.24, 2.45) is 0 Å². The van der Waals surface area contributed by atoms with Gasteiger partial charge in [0.05, 0.1) is 16.8 Å². The summed E-state index contributed by atoms with van der Waals surface area (Å²) in [5, 5.41) is 4.93. The van der Waals surface area contributed by atoms with E-state index in [1.807, 2.05) is 19.1 Å². The maximum atomic E-state index is 14.8. The number of rotatable bonds is 4. The number of anilines is 2. The monoisotopic (exact) mass is 366 g/mol. The van der Waals surface area contributed by atoms with E-state index in [9.17, 15) is 18.4 Å². The van der Waals surface area contributed by atoms with E-state index in [0.29, 0.717) is 5.69 Å². The van der Waals surface area contributed by atoms with Gasteiger partial charge in [-0.3, -0.25) is 9.59 Å². The summed E-state index contributed by atoms with van der Waals surface area (Å²) in [6.07, 6.45) is 0. The van der Waals surface area contributed by atoms with Crippen molar-refractivity contribution in [3.63, 3.8) is 0 Å². The zero-order valence-corrected chi connectivity index (χ0v) is 14.4. The SMILES string of the molecule is Cc1ccccc1NC(=O)c1cccc(C(=O)Nc2ccccc2F)c1F. The molecule has 0 atom stereocenters. The number of nitrogens with one attached hydrogen (secondary N) is 2. The fourth-order valence-corrected chi connectivity index (χ4v) is 2.54. The third-order valence-corrected chi connectivity index (χ3v) is 4.00. The van der Waals surface area contributed by atoms with Gasteiger partial charge in [0.1, 0.15) is 11.6 Å². The molecule has 0 saturated heterocycles. The van der Waals surface area contributed by atoms with Crippen LogP contribution in [0.2, 0.25) is 0 Å². The molecule has 0 aliphatic carbocycles. The van der Waals surface area contributed by atoms with Gasteiger partial charge in [-0.15, -0.1) is 0 Å². The summed E-state index contributed by atoms with van der Waals surface area (Å²) in [5.41, 5.74) is 0.662. The minimum atomic E-state index is -0.975. The van der Waals surface area contributed by atoms with E-state index in [4.69, 9.17) is 0 Å². The molecular formula is C21H16F2N2O2. The Morgan fingerprint density at radius 3 is 1.81 bits per heavy atom. The minimum Gasteiger partial charge on any atom is -0.322 e. The molecule has 0 saturated carbocycles. The molecule has 0 spiro atoms. The van der Waals surface area contributed by atoms with Crippen molar-refractivity contribution in [3.8, 4) is 0 Å². The first kappa shape index (κ1) is 18.3. The van der Waals surface area contributed by atoms with Crippen LogP contribution in [-0.4, -0.2) is 11.8 Å². The summed E-state index contributed by atoms with van der Waals surface area (Å²) < 4.78 is 28.4. The highest BCUT2D eigenvalue weighted by molar-refractivity contribution is 6.09. The van der Waals surface area contributed by atoms with Gasteiger partial charge in [-0.1, -0.05) is 36.4 Å². The molecule has 0 aliphatic heterocycles.